The first-order chi connectivity index (χ1) is 20.1. The highest BCUT2D eigenvalue weighted by Crippen LogP contribution is 2.80. The van der Waals surface area contributed by atoms with Crippen molar-refractivity contribution in [1.82, 2.24) is 4.90 Å². The smallest absolute Gasteiger partial charge is 0.340 e. The Morgan fingerprint density at radius 3 is 2.50 bits per heavy atom. The predicted molar refractivity (Wildman–Crippen MR) is 153 cm³/mol. The number of methoxy groups -OCH3 is 4. The molecule has 7 bridgehead atoms. The molecule has 1 aliphatic heterocycles. The van der Waals surface area contributed by atoms with Crippen molar-refractivity contribution in [1.29, 1.82) is 0 Å². The number of nitrogens with zero attached hydrogens (tertiary/aromatic N) is 1. The molecule has 10 heteroatoms. The van der Waals surface area contributed by atoms with Gasteiger partial charge >= 0.3 is 5.97 Å². The second kappa shape index (κ2) is 9.60. The summed E-state index contributed by atoms with van der Waals surface area (Å²) in [4.78, 5) is 15.7. The number of esters is 1. The third-order valence-electron chi connectivity index (χ3n) is 13.0. The molecular formula is C32H46N2O8. The van der Waals surface area contributed by atoms with Crippen molar-refractivity contribution in [3.05, 3.63) is 29.8 Å². The molecule has 6 fully saturated rings. The van der Waals surface area contributed by atoms with E-state index in [1.54, 1.807) is 52.7 Å². The minimum absolute atomic E-state index is 0.00697. The number of fused-ring (bicyclic) bond motifs is 2. The molecule has 0 unspecified atom stereocenters. The van der Waals surface area contributed by atoms with Gasteiger partial charge in [0.2, 0.25) is 0 Å². The van der Waals surface area contributed by atoms with Crippen LogP contribution in [0.4, 0.5) is 5.69 Å². The summed E-state index contributed by atoms with van der Waals surface area (Å²) >= 11 is 0. The molecule has 6 aliphatic rings. The third-order valence-corrected chi connectivity index (χ3v) is 13.0. The van der Waals surface area contributed by atoms with Crippen molar-refractivity contribution < 1.29 is 38.7 Å². The molecule has 5 aliphatic carbocycles. The van der Waals surface area contributed by atoms with E-state index in [-0.39, 0.29) is 48.6 Å². The van der Waals surface area contributed by atoms with Crippen LogP contribution in [-0.2, 0) is 23.7 Å². The van der Waals surface area contributed by atoms with Crippen molar-refractivity contribution in [3.63, 3.8) is 0 Å². The van der Waals surface area contributed by atoms with Gasteiger partial charge in [0.1, 0.15) is 11.2 Å². The van der Waals surface area contributed by atoms with Crippen molar-refractivity contribution in [2.45, 2.75) is 74.3 Å². The molecule has 0 radical (unpaired) electrons. The lowest BCUT2D eigenvalue weighted by atomic mass is 9.42. The second-order valence-corrected chi connectivity index (χ2v) is 13.8. The van der Waals surface area contributed by atoms with Gasteiger partial charge in [0.05, 0.1) is 42.6 Å². The summed E-state index contributed by atoms with van der Waals surface area (Å²) in [6, 6.07) is 6.55. The van der Waals surface area contributed by atoms with Gasteiger partial charge in [0.15, 0.2) is 0 Å². The number of nitrogen functional groups attached to an aromatic ring is 1. The summed E-state index contributed by atoms with van der Waals surface area (Å²) < 4.78 is 31.1. The van der Waals surface area contributed by atoms with Gasteiger partial charge in [-0.15, -0.1) is 0 Å². The molecule has 13 atom stereocenters. The Hall–Kier alpha value is -1.79. The SMILES string of the molecule is CCN1C[C@@]2(COC(=O)c3ccccc3N)CC[C@H](OC)[C@@]34[C@@H]5C[C@@H]6[C@H](OC)[C@@H]5[C@@](O)(C[C@H]6OC)[C@@](O)([C@H](OC)[C@@H]23)[C@@H]14. The molecule has 1 saturated heterocycles. The topological polar surface area (TPSA) is 133 Å². The number of rotatable bonds is 8. The number of hydrogen-bond acceptors (Lipinski definition) is 10. The maximum atomic E-state index is 13.4. The van der Waals surface area contributed by atoms with E-state index < -0.39 is 40.1 Å². The number of para-hydroxylation sites is 1. The average Bonchev–Trinajstić information content (AvgIpc) is 3.41. The fourth-order valence-electron chi connectivity index (χ4n) is 12.0. The molecule has 1 spiro atoms. The van der Waals surface area contributed by atoms with Crippen molar-refractivity contribution >= 4 is 11.7 Å². The molecular weight excluding hydrogens is 540 g/mol. The molecule has 1 heterocycles. The highest BCUT2D eigenvalue weighted by atomic mass is 16.5. The van der Waals surface area contributed by atoms with Crippen LogP contribution in [0.15, 0.2) is 24.3 Å². The second-order valence-electron chi connectivity index (χ2n) is 13.8. The van der Waals surface area contributed by atoms with E-state index in [4.69, 9.17) is 29.4 Å². The van der Waals surface area contributed by atoms with Gasteiger partial charge in [-0.3, -0.25) is 4.90 Å². The summed E-state index contributed by atoms with van der Waals surface area (Å²) in [5, 5.41) is 26.3. The van der Waals surface area contributed by atoms with E-state index in [1.807, 2.05) is 0 Å². The Balaban J connectivity index is 1.41. The molecule has 1 aromatic rings. The molecule has 10 nitrogen and oxygen atoms in total. The van der Waals surface area contributed by atoms with Gasteiger partial charge in [-0.1, -0.05) is 19.1 Å². The number of ether oxygens (including phenoxy) is 5. The number of nitrogens with two attached hydrogens (primary N) is 1. The maximum Gasteiger partial charge on any atom is 0.340 e. The summed E-state index contributed by atoms with van der Waals surface area (Å²) in [7, 11) is 6.80. The van der Waals surface area contributed by atoms with Gasteiger partial charge in [-0.05, 0) is 43.9 Å². The van der Waals surface area contributed by atoms with Crippen LogP contribution in [0.2, 0.25) is 0 Å². The zero-order valence-corrected chi connectivity index (χ0v) is 25.3. The number of likely N-dealkylation sites (N-methyl/N-ethyl adjacent to an activating group) is 1. The number of likely N-dealkylation sites (tertiary alicyclic amines) is 1. The van der Waals surface area contributed by atoms with Crippen molar-refractivity contribution in [3.8, 4) is 0 Å². The molecule has 1 aromatic carbocycles. The van der Waals surface area contributed by atoms with E-state index in [9.17, 15) is 15.0 Å². The lowest BCUT2D eigenvalue weighted by Crippen LogP contribution is -2.82. The Kier molecular flexibility index (Phi) is 6.62. The Labute approximate surface area is 247 Å². The molecule has 7 rings (SSSR count). The Bertz CT molecular complexity index is 1250. The molecule has 0 amide bonds. The molecule has 4 N–H and O–H groups in total. The van der Waals surface area contributed by atoms with Gasteiger partial charge in [-0.25, -0.2) is 4.79 Å². The number of piperidine rings is 1. The Morgan fingerprint density at radius 2 is 1.86 bits per heavy atom. The number of hydrogen-bond donors (Lipinski definition) is 3. The van der Waals surface area contributed by atoms with Crippen LogP contribution in [0, 0.1) is 34.5 Å². The fraction of sp³-hybridized carbons (Fsp3) is 0.781. The van der Waals surface area contributed by atoms with E-state index in [0.29, 0.717) is 30.8 Å². The monoisotopic (exact) mass is 586 g/mol. The van der Waals surface area contributed by atoms with E-state index in [2.05, 4.69) is 11.8 Å². The highest BCUT2D eigenvalue weighted by molar-refractivity contribution is 5.95. The van der Waals surface area contributed by atoms with Crippen LogP contribution in [-0.4, -0.2) is 111 Å². The summed E-state index contributed by atoms with van der Waals surface area (Å²) in [5.74, 6) is -0.892. The first kappa shape index (κ1) is 29.0. The van der Waals surface area contributed by atoms with E-state index >= 15 is 0 Å². The molecule has 0 aromatic heterocycles. The van der Waals surface area contributed by atoms with Crippen LogP contribution in [0.1, 0.15) is 43.0 Å². The van der Waals surface area contributed by atoms with E-state index in [1.165, 1.54) is 0 Å². The van der Waals surface area contributed by atoms with Crippen LogP contribution in [0.25, 0.3) is 0 Å². The third kappa shape index (κ3) is 3.12. The lowest BCUT2D eigenvalue weighted by Gasteiger charge is -2.70. The molecule has 232 valence electrons. The van der Waals surface area contributed by atoms with Crippen LogP contribution < -0.4 is 5.73 Å². The van der Waals surface area contributed by atoms with Crippen molar-refractivity contribution in [2.24, 2.45) is 34.5 Å². The van der Waals surface area contributed by atoms with Crippen LogP contribution in [0.3, 0.4) is 0 Å². The van der Waals surface area contributed by atoms with Gasteiger partial charge < -0.3 is 39.6 Å². The molecule has 42 heavy (non-hydrogen) atoms. The van der Waals surface area contributed by atoms with E-state index in [0.717, 1.165) is 19.3 Å². The largest absolute Gasteiger partial charge is 0.461 e. The normalized spacial score (nSPS) is 50.1. The first-order valence-electron chi connectivity index (χ1n) is 15.5. The first-order valence-corrected chi connectivity index (χ1v) is 15.5. The summed E-state index contributed by atoms with van der Waals surface area (Å²) in [6.45, 7) is 3.54. The minimum Gasteiger partial charge on any atom is -0.461 e. The number of anilines is 1. The fourth-order valence-corrected chi connectivity index (χ4v) is 12.0. The summed E-state index contributed by atoms with van der Waals surface area (Å²) in [6.07, 6.45) is 1.22. The number of aliphatic hydroxyl groups is 2. The summed E-state index contributed by atoms with van der Waals surface area (Å²) in [5.41, 5.74) is 2.65. The minimum atomic E-state index is -1.62. The number of carbonyl (C=O) groups excluding carboxylic acids is 1. The number of benzene rings is 1. The Morgan fingerprint density at radius 1 is 1.10 bits per heavy atom. The van der Waals surface area contributed by atoms with Gasteiger partial charge in [0.25, 0.3) is 0 Å². The van der Waals surface area contributed by atoms with Crippen LogP contribution >= 0.6 is 0 Å². The quantitative estimate of drug-likeness (QED) is 0.306. The zero-order valence-electron chi connectivity index (χ0n) is 25.3. The van der Waals surface area contributed by atoms with Crippen LogP contribution in [0.5, 0.6) is 0 Å². The van der Waals surface area contributed by atoms with Crippen molar-refractivity contribution in [2.75, 3.05) is 53.9 Å². The highest BCUT2D eigenvalue weighted by Gasteiger charge is 2.91. The number of carbonyl (C=O) groups is 1. The van der Waals surface area contributed by atoms with Gasteiger partial charge in [-0.2, -0.15) is 0 Å². The molecule has 5 saturated carbocycles. The standard InChI is InChI=1S/C32H46N2O8/c1-6-34-15-29(16-42-27(35)17-9-7-8-10-20(17)33)12-11-22(39-3)31-19-13-18-21(38-2)14-30(36,23(19)24(18)40-4)32(37,28(31)34)26(41-5)25(29)31/h7-10,18-19,21-26,28,36-37H,6,11-16,33H2,1-5H3/t18-,19+,21+,22-,23+,24-,25-,26+,28-,29+,30-,31-,32+/m0/s1. The zero-order chi connectivity index (χ0) is 29.8. The predicted octanol–water partition coefficient (Wildman–Crippen LogP) is 1.72. The lowest BCUT2D eigenvalue weighted by molar-refractivity contribution is -0.320. The van der Waals surface area contributed by atoms with Gasteiger partial charge in [0, 0.05) is 75.7 Å². The average molecular weight is 587 g/mol. The maximum absolute atomic E-state index is 13.4.